The maximum Gasteiger partial charge on any atom is 0.163 e. The number of benzene rings is 1. The van der Waals surface area contributed by atoms with Crippen molar-refractivity contribution in [2.45, 2.75) is 34.1 Å². The predicted molar refractivity (Wildman–Crippen MR) is 88.6 cm³/mol. The Morgan fingerprint density at radius 1 is 1.05 bits per heavy atom. The molecule has 2 aromatic heterocycles. The second-order valence-electron chi connectivity index (χ2n) is 5.54. The normalized spacial score (nSPS) is 11.1. The quantitative estimate of drug-likeness (QED) is 0.736. The second-order valence-corrected chi connectivity index (χ2v) is 5.54. The van der Waals surface area contributed by atoms with Crippen molar-refractivity contribution in [2.24, 2.45) is 0 Å². The predicted octanol–water partition coefficient (Wildman–Crippen LogP) is 3.89. The zero-order chi connectivity index (χ0) is 15.9. The highest BCUT2D eigenvalue weighted by Crippen LogP contribution is 2.30. The lowest BCUT2D eigenvalue weighted by Crippen LogP contribution is -2.04. The lowest BCUT2D eigenvalue weighted by Gasteiger charge is -2.09. The molecule has 0 saturated heterocycles. The second kappa shape index (κ2) is 5.44. The van der Waals surface area contributed by atoms with Gasteiger partial charge in [0.2, 0.25) is 0 Å². The SMILES string of the molecule is CCc1c(C)nc2c(-c3ccc(OC)cc3)c(C)nn2c1C. The van der Waals surface area contributed by atoms with Crippen LogP contribution in [0, 0.1) is 20.8 Å². The summed E-state index contributed by atoms with van der Waals surface area (Å²) in [5.41, 5.74) is 7.66. The number of hydrogen-bond donors (Lipinski definition) is 0. The number of aromatic nitrogens is 3. The first-order chi connectivity index (χ1) is 10.6. The van der Waals surface area contributed by atoms with Gasteiger partial charge < -0.3 is 4.74 Å². The van der Waals surface area contributed by atoms with Gasteiger partial charge in [0, 0.05) is 17.0 Å². The van der Waals surface area contributed by atoms with Gasteiger partial charge in [-0.25, -0.2) is 9.50 Å². The van der Waals surface area contributed by atoms with Crippen LogP contribution in [-0.4, -0.2) is 21.7 Å². The summed E-state index contributed by atoms with van der Waals surface area (Å²) in [5.74, 6) is 0.853. The third-order valence-corrected chi connectivity index (χ3v) is 4.23. The molecule has 114 valence electrons. The Hall–Kier alpha value is -2.36. The van der Waals surface area contributed by atoms with Gasteiger partial charge in [-0.05, 0) is 50.5 Å². The number of rotatable bonds is 3. The zero-order valence-electron chi connectivity index (χ0n) is 13.8. The summed E-state index contributed by atoms with van der Waals surface area (Å²) in [4.78, 5) is 4.82. The minimum absolute atomic E-state index is 0.853. The summed E-state index contributed by atoms with van der Waals surface area (Å²) in [5, 5.41) is 4.70. The van der Waals surface area contributed by atoms with Gasteiger partial charge in [0.1, 0.15) is 5.75 Å². The molecule has 4 nitrogen and oxygen atoms in total. The third-order valence-electron chi connectivity index (χ3n) is 4.23. The average Bonchev–Trinajstić information content (AvgIpc) is 2.84. The maximum atomic E-state index is 5.24. The molecule has 0 atom stereocenters. The first-order valence-electron chi connectivity index (χ1n) is 7.56. The van der Waals surface area contributed by atoms with Crippen LogP contribution in [0.3, 0.4) is 0 Å². The van der Waals surface area contributed by atoms with E-state index >= 15 is 0 Å². The molecule has 0 amide bonds. The van der Waals surface area contributed by atoms with E-state index in [0.717, 1.165) is 40.3 Å². The molecule has 3 rings (SSSR count). The first kappa shape index (κ1) is 14.6. The van der Waals surface area contributed by atoms with Crippen LogP contribution in [0.5, 0.6) is 5.75 Å². The fourth-order valence-corrected chi connectivity index (χ4v) is 3.08. The Labute approximate surface area is 130 Å². The molecule has 0 radical (unpaired) electrons. The maximum absolute atomic E-state index is 5.24. The molecule has 0 fully saturated rings. The minimum Gasteiger partial charge on any atom is -0.497 e. The molecule has 0 aliphatic carbocycles. The van der Waals surface area contributed by atoms with Gasteiger partial charge in [-0.3, -0.25) is 0 Å². The molecule has 0 spiro atoms. The van der Waals surface area contributed by atoms with Crippen molar-refractivity contribution < 1.29 is 4.74 Å². The summed E-state index contributed by atoms with van der Waals surface area (Å²) in [6.07, 6.45) is 0.970. The van der Waals surface area contributed by atoms with E-state index in [2.05, 4.69) is 32.9 Å². The largest absolute Gasteiger partial charge is 0.497 e. The third kappa shape index (κ3) is 2.15. The van der Waals surface area contributed by atoms with Crippen LogP contribution in [0.15, 0.2) is 24.3 Å². The number of methoxy groups -OCH3 is 1. The number of aryl methyl sites for hydroxylation is 3. The van der Waals surface area contributed by atoms with Crippen LogP contribution in [0.1, 0.15) is 29.6 Å². The van der Waals surface area contributed by atoms with E-state index in [1.165, 1.54) is 11.3 Å². The summed E-state index contributed by atoms with van der Waals surface area (Å²) < 4.78 is 7.21. The monoisotopic (exact) mass is 295 g/mol. The lowest BCUT2D eigenvalue weighted by atomic mass is 10.1. The van der Waals surface area contributed by atoms with Crippen LogP contribution >= 0.6 is 0 Å². The van der Waals surface area contributed by atoms with Gasteiger partial charge in [-0.15, -0.1) is 0 Å². The topological polar surface area (TPSA) is 39.4 Å². The van der Waals surface area contributed by atoms with Gasteiger partial charge in [-0.1, -0.05) is 19.1 Å². The molecule has 22 heavy (non-hydrogen) atoms. The molecule has 0 aliphatic heterocycles. The summed E-state index contributed by atoms with van der Waals surface area (Å²) in [6.45, 7) is 8.38. The van der Waals surface area contributed by atoms with Crippen LogP contribution in [0.2, 0.25) is 0 Å². The summed E-state index contributed by atoms with van der Waals surface area (Å²) in [6, 6.07) is 8.06. The van der Waals surface area contributed by atoms with Crippen LogP contribution in [0.25, 0.3) is 16.8 Å². The van der Waals surface area contributed by atoms with Crippen LogP contribution in [-0.2, 0) is 6.42 Å². The van der Waals surface area contributed by atoms with E-state index in [4.69, 9.17) is 14.8 Å². The molecule has 0 aliphatic rings. The van der Waals surface area contributed by atoms with Crippen molar-refractivity contribution in [2.75, 3.05) is 7.11 Å². The average molecular weight is 295 g/mol. The highest BCUT2D eigenvalue weighted by atomic mass is 16.5. The number of nitrogens with zero attached hydrogens (tertiary/aromatic N) is 3. The van der Waals surface area contributed by atoms with E-state index in [9.17, 15) is 0 Å². The summed E-state index contributed by atoms with van der Waals surface area (Å²) >= 11 is 0. The van der Waals surface area contributed by atoms with Gasteiger partial charge in [0.05, 0.1) is 12.8 Å². The van der Waals surface area contributed by atoms with E-state index in [1.54, 1.807) is 7.11 Å². The van der Waals surface area contributed by atoms with E-state index in [-0.39, 0.29) is 0 Å². The van der Waals surface area contributed by atoms with Gasteiger partial charge in [0.15, 0.2) is 5.65 Å². The molecule has 2 heterocycles. The van der Waals surface area contributed by atoms with E-state index in [1.807, 2.05) is 23.6 Å². The zero-order valence-corrected chi connectivity index (χ0v) is 13.8. The van der Waals surface area contributed by atoms with Crippen molar-refractivity contribution in [3.8, 4) is 16.9 Å². The molecule has 4 heteroatoms. The molecular weight excluding hydrogens is 274 g/mol. The lowest BCUT2D eigenvalue weighted by molar-refractivity contribution is 0.415. The van der Waals surface area contributed by atoms with Crippen molar-refractivity contribution >= 4 is 5.65 Å². The van der Waals surface area contributed by atoms with Crippen molar-refractivity contribution in [1.82, 2.24) is 14.6 Å². The highest BCUT2D eigenvalue weighted by Gasteiger charge is 2.17. The molecule has 1 aromatic carbocycles. The van der Waals surface area contributed by atoms with Gasteiger partial charge in [-0.2, -0.15) is 5.10 Å². The Bertz CT molecular complexity index is 832. The van der Waals surface area contributed by atoms with Crippen LogP contribution < -0.4 is 4.74 Å². The smallest absolute Gasteiger partial charge is 0.163 e. The standard InChI is InChI=1S/C18H21N3O/c1-6-16-11(2)19-18-17(12(3)20-21(18)13(16)4)14-7-9-15(22-5)10-8-14/h7-10H,6H2,1-5H3. The number of fused-ring (bicyclic) bond motifs is 1. The highest BCUT2D eigenvalue weighted by molar-refractivity contribution is 5.80. The molecular formula is C18H21N3O. The molecule has 3 aromatic rings. The van der Waals surface area contributed by atoms with Crippen molar-refractivity contribution in [1.29, 1.82) is 0 Å². The molecule has 0 unspecified atom stereocenters. The first-order valence-corrected chi connectivity index (χ1v) is 7.56. The Balaban J connectivity index is 2.27. The number of hydrogen-bond acceptors (Lipinski definition) is 3. The van der Waals surface area contributed by atoms with Gasteiger partial charge >= 0.3 is 0 Å². The van der Waals surface area contributed by atoms with Crippen LogP contribution in [0.4, 0.5) is 0 Å². The molecule has 0 saturated carbocycles. The Kier molecular flexibility index (Phi) is 3.61. The van der Waals surface area contributed by atoms with E-state index in [0.29, 0.717) is 0 Å². The minimum atomic E-state index is 0.853. The number of ether oxygens (including phenoxy) is 1. The fourth-order valence-electron chi connectivity index (χ4n) is 3.08. The van der Waals surface area contributed by atoms with Crippen molar-refractivity contribution in [3.05, 3.63) is 46.9 Å². The summed E-state index contributed by atoms with van der Waals surface area (Å²) in [7, 11) is 1.68. The van der Waals surface area contributed by atoms with Gasteiger partial charge in [0.25, 0.3) is 0 Å². The van der Waals surface area contributed by atoms with E-state index < -0.39 is 0 Å². The fraction of sp³-hybridized carbons (Fsp3) is 0.333. The molecule has 0 N–H and O–H groups in total. The van der Waals surface area contributed by atoms with Crippen molar-refractivity contribution in [3.63, 3.8) is 0 Å². The Morgan fingerprint density at radius 3 is 2.32 bits per heavy atom. The molecule has 0 bridgehead atoms. The Morgan fingerprint density at radius 2 is 1.73 bits per heavy atom.